The average Bonchev–Trinajstić information content (AvgIpc) is 2.98. The predicted octanol–water partition coefficient (Wildman–Crippen LogP) is 4.04. The molecule has 1 heterocycles. The SMILES string of the molecule is COc1cccc2cc(C(=O)/C=C/c3ccc(O)cc3)oc12. The maximum atomic E-state index is 12.2. The van der Waals surface area contributed by atoms with Crippen LogP contribution in [0.4, 0.5) is 0 Å². The molecule has 3 rings (SSSR count). The van der Waals surface area contributed by atoms with Crippen molar-refractivity contribution in [3.63, 3.8) is 0 Å². The van der Waals surface area contributed by atoms with Gasteiger partial charge in [-0.05, 0) is 35.9 Å². The van der Waals surface area contributed by atoms with Gasteiger partial charge in [-0.1, -0.05) is 30.3 Å². The van der Waals surface area contributed by atoms with Crippen LogP contribution in [-0.4, -0.2) is 18.0 Å². The first-order valence-corrected chi connectivity index (χ1v) is 6.75. The maximum Gasteiger partial charge on any atom is 0.221 e. The number of ketones is 1. The van der Waals surface area contributed by atoms with Crippen LogP contribution in [-0.2, 0) is 0 Å². The largest absolute Gasteiger partial charge is 0.508 e. The second kappa shape index (κ2) is 5.77. The highest BCUT2D eigenvalue weighted by atomic mass is 16.5. The number of phenolic OH excluding ortho intramolecular Hbond substituents is 1. The van der Waals surface area contributed by atoms with Gasteiger partial charge in [0.2, 0.25) is 5.78 Å². The first-order valence-electron chi connectivity index (χ1n) is 6.75. The fourth-order valence-corrected chi connectivity index (χ4v) is 2.16. The Morgan fingerprint density at radius 3 is 2.68 bits per heavy atom. The normalized spacial score (nSPS) is 11.1. The molecule has 4 nitrogen and oxygen atoms in total. The lowest BCUT2D eigenvalue weighted by Crippen LogP contribution is -1.90. The van der Waals surface area contributed by atoms with Gasteiger partial charge in [-0.3, -0.25) is 4.79 Å². The molecule has 0 aliphatic rings. The van der Waals surface area contributed by atoms with Crippen LogP contribution in [0.1, 0.15) is 16.1 Å². The lowest BCUT2D eigenvalue weighted by atomic mass is 10.1. The summed E-state index contributed by atoms with van der Waals surface area (Å²) < 4.78 is 10.8. The van der Waals surface area contributed by atoms with Gasteiger partial charge in [0, 0.05) is 5.39 Å². The summed E-state index contributed by atoms with van der Waals surface area (Å²) in [7, 11) is 1.56. The second-order valence-corrected chi connectivity index (χ2v) is 4.78. The van der Waals surface area contributed by atoms with Crippen molar-refractivity contribution >= 4 is 22.8 Å². The van der Waals surface area contributed by atoms with E-state index in [4.69, 9.17) is 9.15 Å². The zero-order chi connectivity index (χ0) is 15.5. The zero-order valence-electron chi connectivity index (χ0n) is 11.9. The molecule has 0 unspecified atom stereocenters. The number of fused-ring (bicyclic) bond motifs is 1. The summed E-state index contributed by atoms with van der Waals surface area (Å²) in [4.78, 5) is 12.2. The first-order chi connectivity index (χ1) is 10.7. The summed E-state index contributed by atoms with van der Waals surface area (Å²) >= 11 is 0. The molecule has 1 N–H and O–H groups in total. The number of allylic oxidation sites excluding steroid dienone is 1. The van der Waals surface area contributed by atoms with E-state index in [0.717, 1.165) is 10.9 Å². The Bertz CT molecular complexity index is 841. The number of ether oxygens (including phenoxy) is 1. The van der Waals surface area contributed by atoms with E-state index in [2.05, 4.69) is 0 Å². The lowest BCUT2D eigenvalue weighted by Gasteiger charge is -1.98. The van der Waals surface area contributed by atoms with Crippen LogP contribution >= 0.6 is 0 Å². The van der Waals surface area contributed by atoms with Crippen LogP contribution in [0, 0.1) is 0 Å². The van der Waals surface area contributed by atoms with Crippen molar-refractivity contribution in [1.82, 2.24) is 0 Å². The van der Waals surface area contributed by atoms with Crippen molar-refractivity contribution in [2.45, 2.75) is 0 Å². The molecule has 3 aromatic rings. The number of carbonyl (C=O) groups excluding carboxylic acids is 1. The molecule has 0 aliphatic heterocycles. The van der Waals surface area contributed by atoms with Crippen molar-refractivity contribution in [2.24, 2.45) is 0 Å². The molecule has 2 aromatic carbocycles. The van der Waals surface area contributed by atoms with E-state index in [9.17, 15) is 9.90 Å². The van der Waals surface area contributed by atoms with E-state index in [0.29, 0.717) is 11.3 Å². The number of hydrogen-bond acceptors (Lipinski definition) is 4. The number of methoxy groups -OCH3 is 1. The van der Waals surface area contributed by atoms with E-state index in [1.54, 1.807) is 49.6 Å². The Morgan fingerprint density at radius 1 is 1.18 bits per heavy atom. The van der Waals surface area contributed by atoms with Crippen molar-refractivity contribution in [3.8, 4) is 11.5 Å². The molecule has 1 aromatic heterocycles. The van der Waals surface area contributed by atoms with Crippen LogP contribution < -0.4 is 4.74 Å². The third-order valence-electron chi connectivity index (χ3n) is 3.29. The Balaban J connectivity index is 1.87. The van der Waals surface area contributed by atoms with Crippen LogP contribution in [0.3, 0.4) is 0 Å². The van der Waals surface area contributed by atoms with Crippen molar-refractivity contribution in [2.75, 3.05) is 7.11 Å². The van der Waals surface area contributed by atoms with E-state index >= 15 is 0 Å². The predicted molar refractivity (Wildman–Crippen MR) is 84.2 cm³/mol. The van der Waals surface area contributed by atoms with Gasteiger partial charge in [-0.15, -0.1) is 0 Å². The number of furan rings is 1. The van der Waals surface area contributed by atoms with Crippen LogP contribution in [0.2, 0.25) is 0 Å². The average molecular weight is 294 g/mol. The number of para-hydroxylation sites is 1. The Hall–Kier alpha value is -3.01. The minimum absolute atomic E-state index is 0.188. The van der Waals surface area contributed by atoms with Gasteiger partial charge in [0.05, 0.1) is 7.11 Å². The van der Waals surface area contributed by atoms with Gasteiger partial charge in [-0.2, -0.15) is 0 Å². The monoisotopic (exact) mass is 294 g/mol. The van der Waals surface area contributed by atoms with Gasteiger partial charge in [-0.25, -0.2) is 0 Å². The van der Waals surface area contributed by atoms with Gasteiger partial charge in [0.25, 0.3) is 0 Å². The van der Waals surface area contributed by atoms with Gasteiger partial charge < -0.3 is 14.3 Å². The molecule has 0 fully saturated rings. The Morgan fingerprint density at radius 2 is 1.95 bits per heavy atom. The number of carbonyl (C=O) groups is 1. The molecule has 0 bridgehead atoms. The van der Waals surface area contributed by atoms with E-state index in [1.807, 2.05) is 12.1 Å². The fraction of sp³-hybridized carbons (Fsp3) is 0.0556. The van der Waals surface area contributed by atoms with Crippen molar-refractivity contribution in [1.29, 1.82) is 0 Å². The molecule has 0 saturated heterocycles. The summed E-state index contributed by atoms with van der Waals surface area (Å²) in [6.07, 6.45) is 3.11. The van der Waals surface area contributed by atoms with Gasteiger partial charge in [0.1, 0.15) is 5.75 Å². The van der Waals surface area contributed by atoms with Crippen LogP contribution in [0.15, 0.2) is 59.0 Å². The fourth-order valence-electron chi connectivity index (χ4n) is 2.16. The van der Waals surface area contributed by atoms with E-state index < -0.39 is 0 Å². The van der Waals surface area contributed by atoms with Crippen molar-refractivity contribution < 1.29 is 19.1 Å². The molecule has 0 spiro atoms. The first kappa shape index (κ1) is 13.9. The minimum Gasteiger partial charge on any atom is -0.508 e. The van der Waals surface area contributed by atoms with Crippen LogP contribution in [0.5, 0.6) is 11.5 Å². The highest BCUT2D eigenvalue weighted by Crippen LogP contribution is 2.28. The lowest BCUT2D eigenvalue weighted by molar-refractivity contribution is 0.102. The standard InChI is InChI=1S/C18H14O4/c1-21-16-4-2-3-13-11-17(22-18(13)16)15(20)10-7-12-5-8-14(19)9-6-12/h2-11,19H,1H3/b10-7+. The third-order valence-corrected chi connectivity index (χ3v) is 3.29. The summed E-state index contributed by atoms with van der Waals surface area (Å²) in [5.74, 6) is 0.813. The third kappa shape index (κ3) is 2.72. The Labute approximate surface area is 127 Å². The maximum absolute atomic E-state index is 12.2. The molecule has 0 aliphatic carbocycles. The summed E-state index contributed by atoms with van der Waals surface area (Å²) in [5, 5.41) is 10.0. The molecule has 22 heavy (non-hydrogen) atoms. The molecule has 0 radical (unpaired) electrons. The molecular formula is C18H14O4. The number of rotatable bonds is 4. The molecule has 0 saturated carbocycles. The van der Waals surface area contributed by atoms with Crippen LogP contribution in [0.25, 0.3) is 17.0 Å². The number of hydrogen-bond donors (Lipinski definition) is 1. The summed E-state index contributed by atoms with van der Waals surface area (Å²) in [6.45, 7) is 0. The second-order valence-electron chi connectivity index (χ2n) is 4.78. The Kier molecular flexibility index (Phi) is 3.66. The number of phenols is 1. The van der Waals surface area contributed by atoms with Gasteiger partial charge >= 0.3 is 0 Å². The highest BCUT2D eigenvalue weighted by molar-refractivity contribution is 6.07. The summed E-state index contributed by atoms with van der Waals surface area (Å²) in [6, 6.07) is 13.8. The smallest absolute Gasteiger partial charge is 0.221 e. The molecular weight excluding hydrogens is 280 g/mol. The van der Waals surface area contributed by atoms with E-state index in [1.165, 1.54) is 6.08 Å². The zero-order valence-corrected chi connectivity index (χ0v) is 11.9. The van der Waals surface area contributed by atoms with Crippen molar-refractivity contribution in [3.05, 3.63) is 65.9 Å². The number of aromatic hydroxyl groups is 1. The molecule has 0 atom stereocenters. The summed E-state index contributed by atoms with van der Waals surface area (Å²) in [5.41, 5.74) is 1.38. The topological polar surface area (TPSA) is 59.7 Å². The molecule has 110 valence electrons. The highest BCUT2D eigenvalue weighted by Gasteiger charge is 2.12. The van der Waals surface area contributed by atoms with Gasteiger partial charge in [0.15, 0.2) is 17.1 Å². The van der Waals surface area contributed by atoms with E-state index in [-0.39, 0.29) is 17.3 Å². The molecule has 4 heteroatoms. The quantitative estimate of drug-likeness (QED) is 0.582. The minimum atomic E-state index is -0.230. The number of benzene rings is 2. The molecule has 0 amide bonds.